The highest BCUT2D eigenvalue weighted by molar-refractivity contribution is 9.09. The van der Waals surface area contributed by atoms with Crippen molar-refractivity contribution in [2.45, 2.75) is 12.3 Å². The molecule has 0 bridgehead atoms. The maximum Gasteiger partial charge on any atom is 0.407 e. The second-order valence-corrected chi connectivity index (χ2v) is 8.54. The number of hydrogen-bond donors (Lipinski definition) is 1. The summed E-state index contributed by atoms with van der Waals surface area (Å²) >= 11 is 3.30. The third kappa shape index (κ3) is 8.67. The molecular weight excluding hydrogens is 502 g/mol. The fraction of sp³-hybridized carbons (Fsp3) is 0.500. The van der Waals surface area contributed by atoms with E-state index in [9.17, 15) is 4.79 Å². The first-order valence-corrected chi connectivity index (χ1v) is 12.9. The van der Waals surface area contributed by atoms with Crippen molar-refractivity contribution in [3.8, 4) is 11.1 Å². The first-order chi connectivity index (χ1) is 16.8. The lowest BCUT2D eigenvalue weighted by Crippen LogP contribution is -2.27. The summed E-state index contributed by atoms with van der Waals surface area (Å²) in [5.74, 6) is 0.0689. The van der Waals surface area contributed by atoms with Crippen LogP contribution in [0.15, 0.2) is 48.5 Å². The second-order valence-electron chi connectivity index (χ2n) is 7.74. The summed E-state index contributed by atoms with van der Waals surface area (Å²) in [6.07, 6.45) is 0.310. The maximum absolute atomic E-state index is 12.1. The van der Waals surface area contributed by atoms with Gasteiger partial charge in [-0.2, -0.15) is 0 Å². The summed E-state index contributed by atoms with van der Waals surface area (Å²) in [6.45, 7) is 5.34. The van der Waals surface area contributed by atoms with Crippen molar-refractivity contribution < 1.29 is 28.5 Å². The predicted octanol–water partition coefficient (Wildman–Crippen LogP) is 4.38. The van der Waals surface area contributed by atoms with Gasteiger partial charge in [-0.05, 0) is 28.7 Å². The lowest BCUT2D eigenvalue weighted by atomic mass is 9.98. The van der Waals surface area contributed by atoms with Gasteiger partial charge in [0, 0.05) is 24.4 Å². The van der Waals surface area contributed by atoms with Crippen LogP contribution in [0.5, 0.6) is 0 Å². The smallest absolute Gasteiger partial charge is 0.407 e. The van der Waals surface area contributed by atoms with Crippen LogP contribution in [0.4, 0.5) is 4.79 Å². The Morgan fingerprint density at radius 2 is 1.24 bits per heavy atom. The summed E-state index contributed by atoms with van der Waals surface area (Å²) in [7, 11) is 0. The van der Waals surface area contributed by atoms with Crippen molar-refractivity contribution in [3.63, 3.8) is 0 Å². The van der Waals surface area contributed by atoms with E-state index in [1.54, 1.807) is 0 Å². The SMILES string of the molecule is O=C(NCCCOCCOCCOCCOCCBr)OCC1c2ccccc2-c2ccccc21. The molecule has 0 heterocycles. The van der Waals surface area contributed by atoms with Gasteiger partial charge >= 0.3 is 6.09 Å². The number of carbonyl (C=O) groups excluding carboxylic acids is 1. The molecule has 186 valence electrons. The number of nitrogens with one attached hydrogen (secondary N) is 1. The van der Waals surface area contributed by atoms with Crippen LogP contribution in [0.25, 0.3) is 11.1 Å². The van der Waals surface area contributed by atoms with Gasteiger partial charge in [-0.1, -0.05) is 64.5 Å². The van der Waals surface area contributed by atoms with E-state index < -0.39 is 6.09 Å². The molecule has 0 fully saturated rings. The minimum absolute atomic E-state index is 0.0689. The lowest BCUT2D eigenvalue weighted by Gasteiger charge is -2.14. The molecule has 8 heteroatoms. The molecule has 3 rings (SSSR count). The number of alkyl halides is 1. The highest BCUT2D eigenvalue weighted by Crippen LogP contribution is 2.44. The zero-order chi connectivity index (χ0) is 23.8. The number of ether oxygens (including phenoxy) is 5. The van der Waals surface area contributed by atoms with E-state index in [1.807, 2.05) is 24.3 Å². The molecule has 0 saturated heterocycles. The molecule has 34 heavy (non-hydrogen) atoms. The van der Waals surface area contributed by atoms with E-state index in [-0.39, 0.29) is 5.92 Å². The van der Waals surface area contributed by atoms with Gasteiger partial charge in [0.25, 0.3) is 0 Å². The molecule has 7 nitrogen and oxygen atoms in total. The summed E-state index contributed by atoms with van der Waals surface area (Å²) in [5.41, 5.74) is 4.85. The first-order valence-electron chi connectivity index (χ1n) is 11.8. The standard InChI is InChI=1S/C26H34BrNO6/c27-10-13-31-15-17-33-19-18-32-16-14-30-12-5-11-28-26(29)34-20-25-23-8-3-1-6-21(23)22-7-2-4-9-24(22)25/h1-4,6-9,25H,5,10-20H2,(H,28,29). The Labute approximate surface area is 210 Å². The molecule has 1 amide bonds. The summed E-state index contributed by atoms with van der Waals surface area (Å²) in [5, 5.41) is 3.63. The number of fused-ring (bicyclic) bond motifs is 3. The Hall–Kier alpha value is -1.97. The van der Waals surface area contributed by atoms with Crippen LogP contribution in [0.1, 0.15) is 23.5 Å². The molecule has 0 atom stereocenters. The Morgan fingerprint density at radius 3 is 1.79 bits per heavy atom. The van der Waals surface area contributed by atoms with Crippen molar-refractivity contribution in [1.29, 1.82) is 0 Å². The number of halogens is 1. The van der Waals surface area contributed by atoms with Crippen molar-refractivity contribution >= 4 is 22.0 Å². The van der Waals surface area contributed by atoms with Gasteiger partial charge in [0.05, 0.1) is 46.2 Å². The average Bonchev–Trinajstić information content (AvgIpc) is 3.19. The summed E-state index contributed by atoms with van der Waals surface area (Å²) < 4.78 is 27.2. The molecule has 1 N–H and O–H groups in total. The van der Waals surface area contributed by atoms with Gasteiger partial charge in [0.1, 0.15) is 6.61 Å². The van der Waals surface area contributed by atoms with E-state index >= 15 is 0 Å². The van der Waals surface area contributed by atoms with Crippen LogP contribution >= 0.6 is 15.9 Å². The van der Waals surface area contributed by atoms with Crippen LogP contribution in [-0.4, -0.2) is 77.4 Å². The molecule has 0 aromatic heterocycles. The van der Waals surface area contributed by atoms with E-state index in [4.69, 9.17) is 23.7 Å². The topological polar surface area (TPSA) is 75.3 Å². The number of alkyl carbamates (subject to hydrolysis) is 1. The Morgan fingerprint density at radius 1 is 0.735 bits per heavy atom. The molecule has 0 radical (unpaired) electrons. The highest BCUT2D eigenvalue weighted by atomic mass is 79.9. The van der Waals surface area contributed by atoms with Crippen LogP contribution in [0.2, 0.25) is 0 Å². The normalized spacial score (nSPS) is 12.4. The monoisotopic (exact) mass is 535 g/mol. The van der Waals surface area contributed by atoms with Crippen LogP contribution in [0.3, 0.4) is 0 Å². The number of benzene rings is 2. The van der Waals surface area contributed by atoms with Crippen LogP contribution < -0.4 is 5.32 Å². The van der Waals surface area contributed by atoms with Gasteiger partial charge in [-0.25, -0.2) is 4.79 Å². The molecule has 0 aliphatic heterocycles. The van der Waals surface area contributed by atoms with E-state index in [2.05, 4.69) is 45.5 Å². The summed E-state index contributed by atoms with van der Waals surface area (Å²) in [6, 6.07) is 16.6. The van der Waals surface area contributed by atoms with Crippen LogP contribution in [0, 0.1) is 0 Å². The molecular formula is C26H34BrNO6. The summed E-state index contributed by atoms with van der Waals surface area (Å²) in [4.78, 5) is 12.1. The largest absolute Gasteiger partial charge is 0.449 e. The number of amides is 1. The molecule has 0 spiro atoms. The second kappa shape index (κ2) is 15.8. The lowest BCUT2D eigenvalue weighted by molar-refractivity contribution is -0.000354. The fourth-order valence-electron chi connectivity index (χ4n) is 3.83. The van der Waals surface area contributed by atoms with E-state index in [0.29, 0.717) is 72.4 Å². The maximum atomic E-state index is 12.1. The number of rotatable bonds is 17. The van der Waals surface area contributed by atoms with Gasteiger partial charge in [0.2, 0.25) is 0 Å². The third-order valence-corrected chi connectivity index (χ3v) is 5.74. The first kappa shape index (κ1) is 26.6. The van der Waals surface area contributed by atoms with E-state index in [0.717, 1.165) is 5.33 Å². The Kier molecular flexibility index (Phi) is 12.4. The van der Waals surface area contributed by atoms with E-state index in [1.165, 1.54) is 22.3 Å². The molecule has 1 aliphatic rings. The van der Waals surface area contributed by atoms with Crippen molar-refractivity contribution in [1.82, 2.24) is 5.32 Å². The fourth-order valence-corrected chi connectivity index (χ4v) is 4.06. The van der Waals surface area contributed by atoms with Gasteiger partial charge in [-0.15, -0.1) is 0 Å². The molecule has 1 aliphatic carbocycles. The highest BCUT2D eigenvalue weighted by Gasteiger charge is 2.28. The van der Waals surface area contributed by atoms with Gasteiger partial charge < -0.3 is 29.0 Å². The molecule has 2 aromatic rings. The minimum atomic E-state index is -0.400. The zero-order valence-corrected chi connectivity index (χ0v) is 21.1. The number of carbonyl (C=O) groups is 1. The Bertz CT molecular complexity index is 819. The molecule has 2 aromatic carbocycles. The van der Waals surface area contributed by atoms with Crippen molar-refractivity contribution in [3.05, 3.63) is 59.7 Å². The van der Waals surface area contributed by atoms with Gasteiger partial charge in [-0.3, -0.25) is 0 Å². The Balaban J connectivity index is 1.18. The quantitative estimate of drug-likeness (QED) is 0.239. The minimum Gasteiger partial charge on any atom is -0.449 e. The molecule has 0 saturated carbocycles. The zero-order valence-electron chi connectivity index (χ0n) is 19.5. The third-order valence-electron chi connectivity index (χ3n) is 5.42. The predicted molar refractivity (Wildman–Crippen MR) is 135 cm³/mol. The number of hydrogen-bond acceptors (Lipinski definition) is 6. The average molecular weight is 536 g/mol. The van der Waals surface area contributed by atoms with Gasteiger partial charge in [0.15, 0.2) is 0 Å². The van der Waals surface area contributed by atoms with Crippen molar-refractivity contribution in [2.24, 2.45) is 0 Å². The molecule has 0 unspecified atom stereocenters. The van der Waals surface area contributed by atoms with Crippen LogP contribution in [-0.2, 0) is 23.7 Å². The van der Waals surface area contributed by atoms with Crippen molar-refractivity contribution in [2.75, 3.05) is 71.3 Å².